The van der Waals surface area contributed by atoms with Gasteiger partial charge in [-0.3, -0.25) is 24.4 Å². The number of nitrogens with zero attached hydrogens (tertiary/aromatic N) is 6. The van der Waals surface area contributed by atoms with Crippen molar-refractivity contribution >= 4 is 69.1 Å². The van der Waals surface area contributed by atoms with E-state index < -0.39 is 5.92 Å². The van der Waals surface area contributed by atoms with Crippen LogP contribution >= 0.6 is 11.6 Å². The summed E-state index contributed by atoms with van der Waals surface area (Å²) in [6.07, 6.45) is 3.67. The summed E-state index contributed by atoms with van der Waals surface area (Å²) < 4.78 is 1.80. The van der Waals surface area contributed by atoms with Crippen LogP contribution in [0, 0.1) is 5.92 Å². The van der Waals surface area contributed by atoms with Crippen molar-refractivity contribution in [1.29, 1.82) is 0 Å². The van der Waals surface area contributed by atoms with Crippen LogP contribution < -0.4 is 25.8 Å². The lowest BCUT2D eigenvalue weighted by atomic mass is 9.92. The van der Waals surface area contributed by atoms with E-state index in [4.69, 9.17) is 16.6 Å². The average molecular weight is 628 g/mol. The number of imide groups is 1. The van der Waals surface area contributed by atoms with Crippen molar-refractivity contribution in [3.05, 3.63) is 58.9 Å². The number of likely N-dealkylation sites (N-methyl/N-ethyl adjacent to an activating group) is 1. The Hall–Kier alpha value is -4.71. The van der Waals surface area contributed by atoms with Gasteiger partial charge in [0.2, 0.25) is 23.7 Å². The highest BCUT2D eigenvalue weighted by molar-refractivity contribution is 6.32. The molecule has 7 rings (SSSR count). The van der Waals surface area contributed by atoms with Crippen molar-refractivity contribution in [3.8, 4) is 0 Å². The second-order valence-electron chi connectivity index (χ2n) is 12.2. The van der Waals surface area contributed by atoms with Gasteiger partial charge < -0.3 is 20.4 Å². The average Bonchev–Trinajstić information content (AvgIpc) is 3.49. The number of nitrogens with one attached hydrogen (secondary N) is 3. The van der Waals surface area contributed by atoms with Gasteiger partial charge in [0, 0.05) is 62.1 Å². The smallest absolute Gasteiger partial charge is 0.235 e. The molecule has 0 spiro atoms. The topological polar surface area (TPSA) is 137 Å². The van der Waals surface area contributed by atoms with E-state index in [1.165, 1.54) is 0 Å². The first kappa shape index (κ1) is 29.0. The van der Waals surface area contributed by atoms with Gasteiger partial charge in [0.1, 0.15) is 5.02 Å². The van der Waals surface area contributed by atoms with E-state index in [2.05, 4.69) is 43.9 Å². The Morgan fingerprint density at radius 3 is 2.67 bits per heavy atom. The van der Waals surface area contributed by atoms with E-state index in [0.29, 0.717) is 47.7 Å². The molecule has 3 aliphatic heterocycles. The van der Waals surface area contributed by atoms with Gasteiger partial charge in [0.15, 0.2) is 5.82 Å². The molecule has 45 heavy (non-hydrogen) atoms. The van der Waals surface area contributed by atoms with Gasteiger partial charge in [-0.1, -0.05) is 18.5 Å². The third-order valence-corrected chi connectivity index (χ3v) is 9.42. The van der Waals surface area contributed by atoms with Crippen LogP contribution in [-0.2, 0) is 27.9 Å². The summed E-state index contributed by atoms with van der Waals surface area (Å²) in [6.45, 7) is 3.75. The largest absolute Gasteiger partial charge is 0.382 e. The number of fused-ring (bicyclic) bond motifs is 2. The molecule has 2 aromatic heterocycles. The van der Waals surface area contributed by atoms with Gasteiger partial charge in [-0.2, -0.15) is 10.1 Å². The fraction of sp³-hybridized carbons (Fsp3) is 0.375. The summed E-state index contributed by atoms with van der Waals surface area (Å²) in [5, 5.41) is 15.5. The van der Waals surface area contributed by atoms with Crippen molar-refractivity contribution in [2.45, 2.75) is 44.6 Å². The molecule has 3 amide bonds. The molecule has 0 saturated carbocycles. The second kappa shape index (κ2) is 11.3. The minimum absolute atomic E-state index is 0.0768. The van der Waals surface area contributed by atoms with E-state index in [0.717, 1.165) is 53.0 Å². The van der Waals surface area contributed by atoms with Crippen molar-refractivity contribution in [3.63, 3.8) is 0 Å². The predicted octanol–water partition coefficient (Wildman–Crippen LogP) is 4.13. The molecule has 1 unspecified atom stereocenters. The quantitative estimate of drug-likeness (QED) is 0.270. The van der Waals surface area contributed by atoms with Crippen LogP contribution in [0.4, 0.5) is 28.8 Å². The maximum atomic E-state index is 12.5. The summed E-state index contributed by atoms with van der Waals surface area (Å²) in [6, 6.07) is 12.2. The van der Waals surface area contributed by atoms with Gasteiger partial charge in [0.25, 0.3) is 0 Å². The number of carbonyl (C=O) groups excluding carboxylic acids is 3. The fourth-order valence-electron chi connectivity index (χ4n) is 6.63. The van der Waals surface area contributed by atoms with Crippen LogP contribution in [0.15, 0.2) is 42.6 Å². The maximum Gasteiger partial charge on any atom is 0.235 e. The zero-order valence-electron chi connectivity index (χ0n) is 25.3. The zero-order chi connectivity index (χ0) is 31.4. The Morgan fingerprint density at radius 1 is 1.04 bits per heavy atom. The third-order valence-electron chi connectivity index (χ3n) is 9.14. The Bertz CT molecular complexity index is 1860. The Kier molecular flexibility index (Phi) is 7.31. The van der Waals surface area contributed by atoms with Crippen molar-refractivity contribution in [1.82, 2.24) is 25.1 Å². The molecule has 0 bridgehead atoms. The molecule has 0 aliphatic carbocycles. The molecule has 3 atom stereocenters. The van der Waals surface area contributed by atoms with Gasteiger partial charge >= 0.3 is 0 Å². The molecule has 13 heteroatoms. The second-order valence-corrected chi connectivity index (χ2v) is 12.6. The van der Waals surface area contributed by atoms with E-state index >= 15 is 0 Å². The highest BCUT2D eigenvalue weighted by atomic mass is 35.5. The number of rotatable bonds is 6. The summed E-state index contributed by atoms with van der Waals surface area (Å²) in [5.41, 5.74) is 5.33. The fourth-order valence-corrected chi connectivity index (χ4v) is 6.76. The molecule has 3 N–H and O–H groups in total. The first-order valence-corrected chi connectivity index (χ1v) is 15.5. The Balaban J connectivity index is 1.02. The monoisotopic (exact) mass is 627 g/mol. The molecule has 2 fully saturated rings. The lowest BCUT2D eigenvalue weighted by molar-refractivity contribution is -0.134. The van der Waals surface area contributed by atoms with Crippen LogP contribution in [0.2, 0.25) is 5.02 Å². The molecule has 0 radical (unpaired) electrons. The van der Waals surface area contributed by atoms with Crippen molar-refractivity contribution in [2.24, 2.45) is 13.0 Å². The number of aromatic nitrogens is 4. The molecular formula is C32H34ClN9O3. The van der Waals surface area contributed by atoms with Crippen LogP contribution in [0.3, 0.4) is 0 Å². The number of hydrogen-bond acceptors (Lipinski definition) is 9. The van der Waals surface area contributed by atoms with Gasteiger partial charge in [0.05, 0.1) is 29.7 Å². The predicted molar refractivity (Wildman–Crippen MR) is 173 cm³/mol. The van der Waals surface area contributed by atoms with E-state index in [1.807, 2.05) is 37.4 Å². The maximum absolute atomic E-state index is 12.5. The van der Waals surface area contributed by atoms with Crippen molar-refractivity contribution < 1.29 is 14.4 Å². The highest BCUT2D eigenvalue weighted by Crippen LogP contribution is 2.34. The number of halogens is 1. The Labute approximate surface area is 265 Å². The van der Waals surface area contributed by atoms with Crippen LogP contribution in [-0.4, -0.2) is 63.6 Å². The lowest BCUT2D eigenvalue weighted by Crippen LogP contribution is -2.46. The number of carbonyl (C=O) groups is 3. The molecule has 2 saturated heterocycles. The van der Waals surface area contributed by atoms with Gasteiger partial charge in [-0.25, -0.2) is 4.98 Å². The molecule has 232 valence electrons. The van der Waals surface area contributed by atoms with Crippen LogP contribution in [0.25, 0.3) is 10.9 Å². The number of aryl methyl sites for hydroxylation is 1. The molecule has 4 aromatic rings. The van der Waals surface area contributed by atoms with E-state index in [1.54, 1.807) is 22.8 Å². The lowest BCUT2D eigenvalue weighted by Gasteiger charge is -2.37. The number of amides is 3. The number of hydrogen-bond donors (Lipinski definition) is 3. The zero-order valence-corrected chi connectivity index (χ0v) is 26.1. The molecular weight excluding hydrogens is 594 g/mol. The normalized spacial score (nSPS) is 21.7. The minimum Gasteiger partial charge on any atom is -0.382 e. The summed E-state index contributed by atoms with van der Waals surface area (Å²) >= 11 is 6.48. The van der Waals surface area contributed by atoms with Gasteiger partial charge in [-0.15, -0.1) is 0 Å². The Morgan fingerprint density at radius 2 is 1.87 bits per heavy atom. The first-order valence-electron chi connectivity index (χ1n) is 15.2. The SMILES string of the molecule is C[C@H]1CN(c2ncc(Cl)c(Nc3ccc4c(c3)CC(=O)N4C)n2)CC[C@@H]1Nc1ccc2c(C3CCC(=O)NC3=O)nn(C)c2c1. The van der Waals surface area contributed by atoms with Crippen LogP contribution in [0.5, 0.6) is 0 Å². The first-order chi connectivity index (χ1) is 21.6. The minimum atomic E-state index is -0.429. The summed E-state index contributed by atoms with van der Waals surface area (Å²) in [7, 11) is 3.66. The van der Waals surface area contributed by atoms with Gasteiger partial charge in [-0.05, 0) is 60.7 Å². The van der Waals surface area contributed by atoms with Crippen LogP contribution in [0.1, 0.15) is 43.4 Å². The number of piperidine rings is 2. The third kappa shape index (κ3) is 5.43. The molecule has 3 aliphatic rings. The number of anilines is 5. The molecule has 5 heterocycles. The van der Waals surface area contributed by atoms with E-state index in [9.17, 15) is 14.4 Å². The summed E-state index contributed by atoms with van der Waals surface area (Å²) in [5.74, 6) is 0.562. The van der Waals surface area contributed by atoms with E-state index in [-0.39, 0.29) is 23.8 Å². The van der Waals surface area contributed by atoms with Crippen molar-refractivity contribution in [2.75, 3.05) is 40.6 Å². The highest BCUT2D eigenvalue weighted by Gasteiger charge is 2.32. The molecule has 12 nitrogen and oxygen atoms in total. The number of benzene rings is 2. The summed E-state index contributed by atoms with van der Waals surface area (Å²) in [4.78, 5) is 49.4. The molecule has 2 aromatic carbocycles. The standard InChI is InChI=1S/C32H34ClN9O3/c1-17-16-42(32-34-15-23(33)30(38-32)36-19-5-8-25-18(12-19)13-28(44)40(25)2)11-10-24(17)35-20-4-6-21-26(14-20)41(3)39-29(21)22-7-9-27(43)37-31(22)45/h4-6,8,12,14-15,17,22,24,35H,7,9-11,13,16H2,1-3H3,(H,34,36,38)(H,37,43,45)/t17-,22?,24-/m0/s1.